The molecule has 4 nitrogen and oxygen atoms in total. The molecule has 1 aromatic rings. The molecule has 0 radical (unpaired) electrons. The van der Waals surface area contributed by atoms with Crippen LogP contribution >= 0.6 is 12.4 Å². The second-order valence-electron chi connectivity index (χ2n) is 5.75. The predicted molar refractivity (Wildman–Crippen MR) is 87.4 cm³/mol. The van der Waals surface area contributed by atoms with Gasteiger partial charge < -0.3 is 11.1 Å². The van der Waals surface area contributed by atoms with Crippen LogP contribution in [0, 0.1) is 11.8 Å². The first-order chi connectivity index (χ1) is 9.72. The van der Waals surface area contributed by atoms with Gasteiger partial charge in [0.2, 0.25) is 0 Å². The van der Waals surface area contributed by atoms with Crippen LogP contribution in [0.3, 0.4) is 0 Å². The number of carbonyl (C=O) groups is 1. The highest BCUT2D eigenvalue weighted by atomic mass is 35.5. The Morgan fingerprint density at radius 3 is 2.62 bits per heavy atom. The molecule has 0 spiro atoms. The maximum Gasteiger partial charge on any atom is 0.251 e. The minimum Gasteiger partial charge on any atom is -0.352 e. The van der Waals surface area contributed by atoms with E-state index in [1.807, 2.05) is 0 Å². The van der Waals surface area contributed by atoms with Crippen LogP contribution < -0.4 is 11.1 Å². The Labute approximate surface area is 133 Å². The predicted octanol–water partition coefficient (Wildman–Crippen LogP) is 2.91. The summed E-state index contributed by atoms with van der Waals surface area (Å²) in [5.74, 6) is 1.52. The third kappa shape index (κ3) is 5.29. The van der Waals surface area contributed by atoms with E-state index < -0.39 is 0 Å². The van der Waals surface area contributed by atoms with E-state index in [1.165, 1.54) is 32.1 Å². The maximum absolute atomic E-state index is 12.1. The Morgan fingerprint density at radius 1 is 1.33 bits per heavy atom. The zero-order valence-electron chi connectivity index (χ0n) is 12.7. The van der Waals surface area contributed by atoms with E-state index in [9.17, 15) is 4.79 Å². The first-order valence-electron chi connectivity index (χ1n) is 7.66. The van der Waals surface area contributed by atoms with Crippen LogP contribution in [0.5, 0.6) is 0 Å². The van der Waals surface area contributed by atoms with Crippen molar-refractivity contribution in [3.63, 3.8) is 0 Å². The number of nitrogens with one attached hydrogen (secondary N) is 1. The monoisotopic (exact) mass is 311 g/mol. The number of amides is 1. The molecular formula is C16H26ClN3O. The molecule has 0 saturated heterocycles. The van der Waals surface area contributed by atoms with Crippen LogP contribution in [0.25, 0.3) is 0 Å². The van der Waals surface area contributed by atoms with Gasteiger partial charge in [-0.15, -0.1) is 12.4 Å². The fourth-order valence-corrected chi connectivity index (χ4v) is 2.91. The molecule has 0 atom stereocenters. The number of halogens is 1. The van der Waals surface area contributed by atoms with Gasteiger partial charge in [0.1, 0.15) is 0 Å². The van der Waals surface area contributed by atoms with Crippen molar-refractivity contribution < 1.29 is 4.79 Å². The van der Waals surface area contributed by atoms with E-state index >= 15 is 0 Å². The van der Waals surface area contributed by atoms with Gasteiger partial charge in [-0.25, -0.2) is 0 Å². The number of nitrogens with zero attached hydrogens (tertiary/aromatic N) is 1. The molecule has 0 bridgehead atoms. The average Bonchev–Trinajstić information content (AvgIpc) is 2.53. The molecule has 1 saturated carbocycles. The number of pyridine rings is 1. The zero-order valence-corrected chi connectivity index (χ0v) is 13.5. The Balaban J connectivity index is 0.00000220. The number of carbonyl (C=O) groups excluding carboxylic acids is 1. The Morgan fingerprint density at radius 2 is 2.00 bits per heavy atom. The quantitative estimate of drug-likeness (QED) is 0.878. The average molecular weight is 312 g/mol. The van der Waals surface area contributed by atoms with Gasteiger partial charge in [-0.2, -0.15) is 0 Å². The highest BCUT2D eigenvalue weighted by molar-refractivity contribution is 5.94. The van der Waals surface area contributed by atoms with E-state index in [0.29, 0.717) is 18.0 Å². The number of hydrogen-bond donors (Lipinski definition) is 2. The summed E-state index contributed by atoms with van der Waals surface area (Å²) in [6, 6.07) is 3.51. The molecule has 0 aliphatic heterocycles. The SMILES string of the molecule is CCC1CCC(CNC(=O)c2ccnc(CN)c2)CC1.Cl. The minimum atomic E-state index is -0.0142. The molecule has 5 heteroatoms. The second kappa shape index (κ2) is 9.00. The summed E-state index contributed by atoms with van der Waals surface area (Å²) in [4.78, 5) is 16.2. The van der Waals surface area contributed by atoms with Crippen molar-refractivity contribution in [2.45, 2.75) is 45.6 Å². The van der Waals surface area contributed by atoms with Crippen LogP contribution in [0.4, 0.5) is 0 Å². The van der Waals surface area contributed by atoms with E-state index in [-0.39, 0.29) is 18.3 Å². The lowest BCUT2D eigenvalue weighted by Gasteiger charge is -2.27. The Bertz CT molecular complexity index is 445. The fraction of sp³-hybridized carbons (Fsp3) is 0.625. The van der Waals surface area contributed by atoms with Gasteiger partial charge in [-0.1, -0.05) is 26.2 Å². The lowest BCUT2D eigenvalue weighted by Crippen LogP contribution is -2.31. The summed E-state index contributed by atoms with van der Waals surface area (Å²) >= 11 is 0. The fourth-order valence-electron chi connectivity index (χ4n) is 2.91. The summed E-state index contributed by atoms with van der Waals surface area (Å²) in [6.07, 6.45) is 8.03. The van der Waals surface area contributed by atoms with E-state index in [0.717, 1.165) is 18.2 Å². The molecule has 0 unspecified atom stereocenters. The van der Waals surface area contributed by atoms with Gasteiger partial charge in [0, 0.05) is 24.8 Å². The van der Waals surface area contributed by atoms with Gasteiger partial charge in [0.15, 0.2) is 0 Å². The Hall–Kier alpha value is -1.13. The van der Waals surface area contributed by atoms with Gasteiger partial charge in [-0.3, -0.25) is 9.78 Å². The summed E-state index contributed by atoms with van der Waals surface area (Å²) in [5.41, 5.74) is 6.95. The Kier molecular flexibility index (Phi) is 7.68. The van der Waals surface area contributed by atoms with Crippen molar-refractivity contribution in [2.24, 2.45) is 17.6 Å². The number of rotatable bonds is 5. The summed E-state index contributed by atoms with van der Waals surface area (Å²) in [6.45, 7) is 3.42. The number of nitrogens with two attached hydrogens (primary N) is 1. The van der Waals surface area contributed by atoms with Crippen LogP contribution in [0.2, 0.25) is 0 Å². The lowest BCUT2D eigenvalue weighted by atomic mass is 9.81. The van der Waals surface area contributed by atoms with Gasteiger partial charge in [0.25, 0.3) is 5.91 Å². The molecular weight excluding hydrogens is 286 g/mol. The normalized spacial score (nSPS) is 21.4. The third-order valence-electron chi connectivity index (χ3n) is 4.38. The highest BCUT2D eigenvalue weighted by Gasteiger charge is 2.20. The second-order valence-corrected chi connectivity index (χ2v) is 5.75. The standard InChI is InChI=1S/C16H25N3O.ClH/c1-2-12-3-5-13(6-4-12)11-19-16(20)14-7-8-18-15(9-14)10-17;/h7-9,12-13H,2-6,10-11,17H2,1H3,(H,19,20);1H. The summed E-state index contributed by atoms with van der Waals surface area (Å²) in [5, 5.41) is 3.05. The zero-order chi connectivity index (χ0) is 14.4. The molecule has 118 valence electrons. The van der Waals surface area contributed by atoms with Crippen LogP contribution in [-0.4, -0.2) is 17.4 Å². The van der Waals surface area contributed by atoms with Crippen molar-refractivity contribution in [2.75, 3.05) is 6.54 Å². The summed E-state index contributed by atoms with van der Waals surface area (Å²) in [7, 11) is 0. The molecule has 21 heavy (non-hydrogen) atoms. The number of hydrogen-bond acceptors (Lipinski definition) is 3. The number of aromatic nitrogens is 1. The van der Waals surface area contributed by atoms with Crippen LogP contribution in [0.1, 0.15) is 55.1 Å². The maximum atomic E-state index is 12.1. The topological polar surface area (TPSA) is 68.0 Å². The van der Waals surface area contributed by atoms with Crippen molar-refractivity contribution >= 4 is 18.3 Å². The molecule has 1 aliphatic carbocycles. The smallest absolute Gasteiger partial charge is 0.251 e. The van der Waals surface area contributed by atoms with E-state index in [4.69, 9.17) is 5.73 Å². The molecule has 1 amide bonds. The van der Waals surface area contributed by atoms with Gasteiger partial charge >= 0.3 is 0 Å². The molecule has 0 aromatic carbocycles. The van der Waals surface area contributed by atoms with E-state index in [2.05, 4.69) is 17.2 Å². The van der Waals surface area contributed by atoms with Crippen molar-refractivity contribution in [1.29, 1.82) is 0 Å². The largest absolute Gasteiger partial charge is 0.352 e. The van der Waals surface area contributed by atoms with Gasteiger partial charge in [0.05, 0.1) is 5.69 Å². The van der Waals surface area contributed by atoms with Crippen molar-refractivity contribution in [1.82, 2.24) is 10.3 Å². The van der Waals surface area contributed by atoms with Gasteiger partial charge in [-0.05, 0) is 36.8 Å². The lowest BCUT2D eigenvalue weighted by molar-refractivity contribution is 0.0941. The third-order valence-corrected chi connectivity index (χ3v) is 4.38. The first kappa shape index (κ1) is 17.9. The summed E-state index contributed by atoms with van der Waals surface area (Å²) < 4.78 is 0. The first-order valence-corrected chi connectivity index (χ1v) is 7.66. The molecule has 1 aliphatic rings. The van der Waals surface area contributed by atoms with Crippen LogP contribution in [0.15, 0.2) is 18.3 Å². The van der Waals surface area contributed by atoms with Crippen molar-refractivity contribution in [3.05, 3.63) is 29.6 Å². The van der Waals surface area contributed by atoms with Crippen LogP contribution in [-0.2, 0) is 6.54 Å². The molecule has 1 fully saturated rings. The molecule has 1 heterocycles. The highest BCUT2D eigenvalue weighted by Crippen LogP contribution is 2.30. The molecule has 2 rings (SSSR count). The van der Waals surface area contributed by atoms with Crippen molar-refractivity contribution in [3.8, 4) is 0 Å². The van der Waals surface area contributed by atoms with E-state index in [1.54, 1.807) is 18.3 Å². The molecule has 1 aromatic heterocycles. The minimum absolute atomic E-state index is 0. The molecule has 3 N–H and O–H groups in total.